The van der Waals surface area contributed by atoms with Crippen molar-refractivity contribution in [3.8, 4) is 0 Å². The third kappa shape index (κ3) is 3.36. The number of urea groups is 1. The minimum absolute atomic E-state index is 0.0511. The lowest BCUT2D eigenvalue weighted by atomic mass is 10.1. The fourth-order valence-electron chi connectivity index (χ4n) is 2.45. The second kappa shape index (κ2) is 6.58. The number of nitrogens with one attached hydrogen (secondary N) is 2. The number of benzene rings is 1. The number of nitrogens with zero attached hydrogens (tertiary/aromatic N) is 3. The molecule has 2 N–H and O–H groups in total. The molecular formula is C14H16ClN5OS. The number of anilines is 1. The molecule has 2 amide bonds. The van der Waals surface area contributed by atoms with Gasteiger partial charge in [0.05, 0.1) is 17.6 Å². The van der Waals surface area contributed by atoms with Crippen LogP contribution in [0, 0.1) is 0 Å². The Labute approximate surface area is 137 Å². The zero-order chi connectivity index (χ0) is 15.5. The van der Waals surface area contributed by atoms with Crippen LogP contribution in [0.1, 0.15) is 12.2 Å². The fourth-order valence-corrected chi connectivity index (χ4v) is 3.32. The summed E-state index contributed by atoms with van der Waals surface area (Å²) in [6.45, 7) is 0.648. The molecule has 1 unspecified atom stereocenters. The lowest BCUT2D eigenvalue weighted by Crippen LogP contribution is -2.43. The quantitative estimate of drug-likeness (QED) is 0.845. The third-order valence-corrected chi connectivity index (χ3v) is 4.77. The van der Waals surface area contributed by atoms with Crippen LogP contribution in [0.15, 0.2) is 29.4 Å². The number of rotatable bonds is 3. The summed E-state index contributed by atoms with van der Waals surface area (Å²) in [6, 6.07) is 5.30. The average Bonchev–Trinajstić information content (AvgIpc) is 2.95. The van der Waals surface area contributed by atoms with Crippen LogP contribution in [-0.2, 0) is 13.0 Å². The largest absolute Gasteiger partial charge is 0.333 e. The van der Waals surface area contributed by atoms with Crippen molar-refractivity contribution in [2.24, 2.45) is 0 Å². The first-order valence-electron chi connectivity index (χ1n) is 6.93. The molecule has 0 saturated carbocycles. The van der Waals surface area contributed by atoms with Crippen molar-refractivity contribution in [1.29, 1.82) is 0 Å². The first-order chi connectivity index (χ1) is 10.7. The molecule has 0 fully saturated rings. The van der Waals surface area contributed by atoms with Gasteiger partial charge in [0, 0.05) is 17.0 Å². The summed E-state index contributed by atoms with van der Waals surface area (Å²) in [5, 5.41) is 10.5. The van der Waals surface area contributed by atoms with Gasteiger partial charge in [-0.1, -0.05) is 11.6 Å². The lowest BCUT2D eigenvalue weighted by molar-refractivity contribution is 0.243. The van der Waals surface area contributed by atoms with Crippen LogP contribution < -0.4 is 10.6 Å². The SMILES string of the molecule is CSc1ccc(NC(=O)NC2CCc3ncnn3C2)cc1Cl. The zero-order valence-electron chi connectivity index (χ0n) is 12.0. The van der Waals surface area contributed by atoms with Gasteiger partial charge in [-0.3, -0.25) is 0 Å². The van der Waals surface area contributed by atoms with Gasteiger partial charge in [0.15, 0.2) is 0 Å². The molecule has 3 rings (SSSR count). The number of carbonyl (C=O) groups excluding carboxylic acids is 1. The molecule has 6 nitrogen and oxygen atoms in total. The average molecular weight is 338 g/mol. The number of aromatic nitrogens is 3. The second-order valence-electron chi connectivity index (χ2n) is 5.04. The van der Waals surface area contributed by atoms with Crippen LogP contribution in [0.2, 0.25) is 5.02 Å². The minimum atomic E-state index is -0.235. The zero-order valence-corrected chi connectivity index (χ0v) is 13.6. The van der Waals surface area contributed by atoms with Gasteiger partial charge in [0.25, 0.3) is 0 Å². The smallest absolute Gasteiger partial charge is 0.319 e. The number of halogens is 1. The van der Waals surface area contributed by atoms with Crippen LogP contribution in [-0.4, -0.2) is 33.1 Å². The summed E-state index contributed by atoms with van der Waals surface area (Å²) in [4.78, 5) is 17.2. The predicted octanol–water partition coefficient (Wildman–Crippen LogP) is 2.79. The van der Waals surface area contributed by atoms with Crippen LogP contribution in [0.4, 0.5) is 10.5 Å². The van der Waals surface area contributed by atoms with Crippen LogP contribution in [0.5, 0.6) is 0 Å². The molecule has 1 aromatic heterocycles. The van der Waals surface area contributed by atoms with Gasteiger partial charge in [-0.2, -0.15) is 5.10 Å². The van der Waals surface area contributed by atoms with Gasteiger partial charge in [0.1, 0.15) is 12.2 Å². The Hall–Kier alpha value is -1.73. The summed E-state index contributed by atoms with van der Waals surface area (Å²) in [5.41, 5.74) is 0.678. The van der Waals surface area contributed by atoms with Gasteiger partial charge in [-0.15, -0.1) is 11.8 Å². The molecule has 0 spiro atoms. The lowest BCUT2D eigenvalue weighted by Gasteiger charge is -2.23. The van der Waals surface area contributed by atoms with Gasteiger partial charge in [-0.05, 0) is 30.9 Å². The molecule has 1 aliphatic heterocycles. The highest BCUT2D eigenvalue weighted by molar-refractivity contribution is 7.98. The van der Waals surface area contributed by atoms with Crippen molar-refractivity contribution < 1.29 is 4.79 Å². The van der Waals surface area contributed by atoms with Gasteiger partial charge < -0.3 is 10.6 Å². The summed E-state index contributed by atoms with van der Waals surface area (Å²) < 4.78 is 1.83. The summed E-state index contributed by atoms with van der Waals surface area (Å²) in [7, 11) is 0. The molecule has 1 atom stereocenters. The Kier molecular flexibility index (Phi) is 4.54. The Bertz CT molecular complexity index is 690. The molecule has 0 bridgehead atoms. The Morgan fingerprint density at radius 1 is 1.50 bits per heavy atom. The number of thioether (sulfide) groups is 1. The fraction of sp³-hybridized carbons (Fsp3) is 0.357. The van der Waals surface area contributed by atoms with Crippen LogP contribution in [0.3, 0.4) is 0 Å². The van der Waals surface area contributed by atoms with Crippen LogP contribution >= 0.6 is 23.4 Å². The molecule has 8 heteroatoms. The van der Waals surface area contributed by atoms with E-state index in [4.69, 9.17) is 11.6 Å². The van der Waals surface area contributed by atoms with Gasteiger partial charge in [-0.25, -0.2) is 14.5 Å². The van der Waals surface area contributed by atoms with E-state index in [0.29, 0.717) is 17.3 Å². The Balaban J connectivity index is 1.58. The maximum atomic E-state index is 12.1. The first-order valence-corrected chi connectivity index (χ1v) is 8.53. The van der Waals surface area contributed by atoms with E-state index in [-0.39, 0.29) is 12.1 Å². The van der Waals surface area contributed by atoms with E-state index in [1.54, 1.807) is 24.2 Å². The summed E-state index contributed by atoms with van der Waals surface area (Å²) in [6.07, 6.45) is 5.19. The normalized spacial score (nSPS) is 16.9. The summed E-state index contributed by atoms with van der Waals surface area (Å²) in [5.74, 6) is 0.970. The molecule has 0 radical (unpaired) electrons. The molecule has 1 aromatic carbocycles. The van der Waals surface area contributed by atoms with Gasteiger partial charge in [0.2, 0.25) is 0 Å². The molecule has 116 valence electrons. The van der Waals surface area contributed by atoms with Crippen molar-refractivity contribution in [2.75, 3.05) is 11.6 Å². The van der Waals surface area contributed by atoms with E-state index in [1.807, 2.05) is 23.1 Å². The van der Waals surface area contributed by atoms with Gasteiger partial charge >= 0.3 is 6.03 Å². The number of carbonyl (C=O) groups is 1. The molecular weight excluding hydrogens is 322 g/mol. The molecule has 2 heterocycles. The van der Waals surface area contributed by atoms with E-state index in [9.17, 15) is 4.79 Å². The topological polar surface area (TPSA) is 71.8 Å². The Morgan fingerprint density at radius 3 is 3.14 bits per heavy atom. The Morgan fingerprint density at radius 2 is 2.36 bits per heavy atom. The minimum Gasteiger partial charge on any atom is -0.333 e. The van der Waals surface area contributed by atoms with E-state index in [2.05, 4.69) is 20.7 Å². The molecule has 1 aliphatic rings. The number of hydrogen-bond acceptors (Lipinski definition) is 4. The predicted molar refractivity (Wildman–Crippen MR) is 87.5 cm³/mol. The maximum absolute atomic E-state index is 12.1. The highest BCUT2D eigenvalue weighted by atomic mass is 35.5. The molecule has 0 aliphatic carbocycles. The van der Waals surface area contributed by atoms with Crippen LogP contribution in [0.25, 0.3) is 0 Å². The van der Waals surface area contributed by atoms with Crippen molar-refractivity contribution in [1.82, 2.24) is 20.1 Å². The third-order valence-electron chi connectivity index (χ3n) is 3.55. The standard InChI is InChI=1S/C14H16ClN5OS/c1-22-12-4-2-9(6-11(12)15)18-14(21)19-10-3-5-13-16-8-17-20(13)7-10/h2,4,6,8,10H,3,5,7H2,1H3,(H2,18,19,21). The van der Waals surface area contributed by atoms with Crippen molar-refractivity contribution >= 4 is 35.1 Å². The first kappa shape index (κ1) is 15.2. The maximum Gasteiger partial charge on any atom is 0.319 e. The monoisotopic (exact) mass is 337 g/mol. The number of hydrogen-bond donors (Lipinski definition) is 2. The number of amides is 2. The highest BCUT2D eigenvalue weighted by Crippen LogP contribution is 2.27. The van der Waals surface area contributed by atoms with Crippen molar-refractivity contribution in [3.63, 3.8) is 0 Å². The molecule has 2 aromatic rings. The highest BCUT2D eigenvalue weighted by Gasteiger charge is 2.21. The summed E-state index contributed by atoms with van der Waals surface area (Å²) >= 11 is 7.71. The second-order valence-corrected chi connectivity index (χ2v) is 6.30. The van der Waals surface area contributed by atoms with Crippen molar-refractivity contribution in [2.45, 2.75) is 30.3 Å². The van der Waals surface area contributed by atoms with E-state index < -0.39 is 0 Å². The van der Waals surface area contributed by atoms with E-state index >= 15 is 0 Å². The van der Waals surface area contributed by atoms with E-state index in [1.165, 1.54) is 0 Å². The number of aryl methyl sites for hydroxylation is 1. The molecule has 0 saturated heterocycles. The number of fused-ring (bicyclic) bond motifs is 1. The van der Waals surface area contributed by atoms with E-state index in [0.717, 1.165) is 23.6 Å². The molecule has 22 heavy (non-hydrogen) atoms. The van der Waals surface area contributed by atoms with Crippen molar-refractivity contribution in [3.05, 3.63) is 35.4 Å².